The minimum Gasteiger partial charge on any atom is -0.379 e. The summed E-state index contributed by atoms with van der Waals surface area (Å²) < 4.78 is 28.1. The van der Waals surface area contributed by atoms with Gasteiger partial charge in [-0.25, -0.2) is 13.1 Å². The molecule has 0 spiro atoms. The SMILES string of the molecule is CCNS(=O)(=O)c1ccc(NCc2cccn2C)cc1. The zero-order chi connectivity index (χ0) is 14.6. The lowest BCUT2D eigenvalue weighted by Gasteiger charge is -2.09. The van der Waals surface area contributed by atoms with E-state index in [1.807, 2.05) is 29.9 Å². The predicted octanol–water partition coefficient (Wildman–Crippen LogP) is 1.94. The van der Waals surface area contributed by atoms with Crippen LogP contribution in [0.1, 0.15) is 12.6 Å². The van der Waals surface area contributed by atoms with Crippen molar-refractivity contribution in [1.29, 1.82) is 0 Å². The maximum atomic E-state index is 11.8. The van der Waals surface area contributed by atoms with E-state index in [0.717, 1.165) is 11.4 Å². The van der Waals surface area contributed by atoms with E-state index in [0.29, 0.717) is 13.1 Å². The minimum atomic E-state index is -3.37. The van der Waals surface area contributed by atoms with Gasteiger partial charge in [0, 0.05) is 31.2 Å². The smallest absolute Gasteiger partial charge is 0.240 e. The number of sulfonamides is 1. The summed E-state index contributed by atoms with van der Waals surface area (Å²) in [7, 11) is -1.38. The van der Waals surface area contributed by atoms with Gasteiger partial charge in [-0.2, -0.15) is 0 Å². The van der Waals surface area contributed by atoms with Crippen LogP contribution in [0, 0.1) is 0 Å². The van der Waals surface area contributed by atoms with Crippen LogP contribution in [0.4, 0.5) is 5.69 Å². The number of anilines is 1. The first-order valence-corrected chi connectivity index (χ1v) is 7.95. The number of hydrogen-bond acceptors (Lipinski definition) is 3. The van der Waals surface area contributed by atoms with Gasteiger partial charge in [0.2, 0.25) is 10.0 Å². The summed E-state index contributed by atoms with van der Waals surface area (Å²) in [5.41, 5.74) is 2.05. The highest BCUT2D eigenvalue weighted by Gasteiger charge is 2.11. The van der Waals surface area contributed by atoms with Gasteiger partial charge in [0.25, 0.3) is 0 Å². The molecule has 0 bridgehead atoms. The molecule has 2 rings (SSSR count). The molecule has 5 nitrogen and oxygen atoms in total. The lowest BCUT2D eigenvalue weighted by Crippen LogP contribution is -2.23. The molecular weight excluding hydrogens is 274 g/mol. The summed E-state index contributed by atoms with van der Waals surface area (Å²) in [5, 5.41) is 3.26. The van der Waals surface area contributed by atoms with Gasteiger partial charge in [0.05, 0.1) is 11.4 Å². The molecule has 0 radical (unpaired) electrons. The van der Waals surface area contributed by atoms with Crippen LogP contribution in [0.15, 0.2) is 47.5 Å². The molecule has 0 unspecified atom stereocenters. The molecule has 0 amide bonds. The van der Waals surface area contributed by atoms with Gasteiger partial charge in [0.1, 0.15) is 0 Å². The second-order valence-corrected chi connectivity index (χ2v) is 6.26. The third-order valence-electron chi connectivity index (χ3n) is 3.02. The van der Waals surface area contributed by atoms with Crippen LogP contribution in [0.2, 0.25) is 0 Å². The zero-order valence-electron chi connectivity index (χ0n) is 11.6. The highest BCUT2D eigenvalue weighted by molar-refractivity contribution is 7.89. The van der Waals surface area contributed by atoms with Crippen molar-refractivity contribution in [3.63, 3.8) is 0 Å². The maximum absolute atomic E-state index is 11.8. The highest BCUT2D eigenvalue weighted by atomic mass is 32.2. The predicted molar refractivity (Wildman–Crippen MR) is 80.0 cm³/mol. The summed E-state index contributed by atoms with van der Waals surface area (Å²) in [5.74, 6) is 0. The van der Waals surface area contributed by atoms with E-state index in [4.69, 9.17) is 0 Å². The molecule has 0 saturated carbocycles. The molecule has 0 aliphatic heterocycles. The molecule has 108 valence electrons. The Morgan fingerprint density at radius 2 is 1.85 bits per heavy atom. The number of benzene rings is 1. The second kappa shape index (κ2) is 6.11. The Morgan fingerprint density at radius 3 is 2.40 bits per heavy atom. The maximum Gasteiger partial charge on any atom is 0.240 e. The van der Waals surface area contributed by atoms with Gasteiger partial charge in [-0.15, -0.1) is 0 Å². The molecule has 0 atom stereocenters. The van der Waals surface area contributed by atoms with Gasteiger partial charge in [-0.05, 0) is 36.4 Å². The Balaban J connectivity index is 2.04. The van der Waals surface area contributed by atoms with Crippen LogP contribution in [0.25, 0.3) is 0 Å². The second-order valence-electron chi connectivity index (χ2n) is 4.49. The molecule has 2 aromatic rings. The van der Waals surface area contributed by atoms with Crippen LogP contribution in [-0.4, -0.2) is 19.5 Å². The van der Waals surface area contributed by atoms with Crippen molar-refractivity contribution in [3.05, 3.63) is 48.3 Å². The van der Waals surface area contributed by atoms with Crippen molar-refractivity contribution in [3.8, 4) is 0 Å². The Labute approximate surface area is 119 Å². The van der Waals surface area contributed by atoms with Crippen LogP contribution < -0.4 is 10.0 Å². The molecule has 1 heterocycles. The fourth-order valence-electron chi connectivity index (χ4n) is 1.90. The number of aromatic nitrogens is 1. The molecule has 1 aromatic carbocycles. The summed E-state index contributed by atoms with van der Waals surface area (Å²) in [6, 6.07) is 10.8. The Morgan fingerprint density at radius 1 is 1.15 bits per heavy atom. The molecule has 0 saturated heterocycles. The molecule has 1 aromatic heterocycles. The molecule has 6 heteroatoms. The van der Waals surface area contributed by atoms with E-state index in [1.165, 1.54) is 0 Å². The van der Waals surface area contributed by atoms with E-state index < -0.39 is 10.0 Å². The summed E-state index contributed by atoms with van der Waals surface area (Å²) in [4.78, 5) is 0.281. The monoisotopic (exact) mass is 293 g/mol. The largest absolute Gasteiger partial charge is 0.379 e. The third-order valence-corrected chi connectivity index (χ3v) is 4.59. The first-order valence-electron chi connectivity index (χ1n) is 6.47. The quantitative estimate of drug-likeness (QED) is 0.855. The topological polar surface area (TPSA) is 63.1 Å². The van der Waals surface area contributed by atoms with Crippen molar-refractivity contribution in [2.24, 2.45) is 7.05 Å². The van der Waals surface area contributed by atoms with Crippen molar-refractivity contribution in [2.45, 2.75) is 18.4 Å². The lowest BCUT2D eigenvalue weighted by molar-refractivity contribution is 0.584. The van der Waals surface area contributed by atoms with E-state index in [-0.39, 0.29) is 4.90 Å². The standard InChI is InChI=1S/C14H19N3O2S/c1-3-16-20(18,19)14-8-6-12(7-9-14)15-11-13-5-4-10-17(13)2/h4-10,15-16H,3,11H2,1-2H3. The van der Waals surface area contributed by atoms with Crippen LogP contribution in [-0.2, 0) is 23.6 Å². The van der Waals surface area contributed by atoms with Crippen LogP contribution >= 0.6 is 0 Å². The van der Waals surface area contributed by atoms with Gasteiger partial charge >= 0.3 is 0 Å². The fourth-order valence-corrected chi connectivity index (χ4v) is 2.94. The van der Waals surface area contributed by atoms with Crippen molar-refractivity contribution in [1.82, 2.24) is 9.29 Å². The van der Waals surface area contributed by atoms with Crippen LogP contribution in [0.3, 0.4) is 0 Å². The Bertz CT molecular complexity index is 660. The van der Waals surface area contributed by atoms with Crippen molar-refractivity contribution >= 4 is 15.7 Å². The molecule has 0 aliphatic rings. The van der Waals surface area contributed by atoms with Gasteiger partial charge in [-0.3, -0.25) is 0 Å². The molecule has 0 fully saturated rings. The lowest BCUT2D eigenvalue weighted by atomic mass is 10.3. The number of hydrogen-bond donors (Lipinski definition) is 2. The minimum absolute atomic E-state index is 0.281. The van der Waals surface area contributed by atoms with Crippen molar-refractivity contribution < 1.29 is 8.42 Å². The normalized spacial score (nSPS) is 11.5. The Kier molecular flexibility index (Phi) is 4.46. The summed E-state index contributed by atoms with van der Waals surface area (Å²) in [6.07, 6.45) is 1.99. The number of nitrogens with one attached hydrogen (secondary N) is 2. The number of aryl methyl sites for hydroxylation is 1. The van der Waals surface area contributed by atoms with E-state index >= 15 is 0 Å². The average Bonchev–Trinajstić information content (AvgIpc) is 2.82. The average molecular weight is 293 g/mol. The van der Waals surface area contributed by atoms with Gasteiger partial charge in [0.15, 0.2) is 0 Å². The first-order chi connectivity index (χ1) is 9.53. The number of rotatable bonds is 6. The van der Waals surface area contributed by atoms with Gasteiger partial charge < -0.3 is 9.88 Å². The molecule has 2 N–H and O–H groups in total. The van der Waals surface area contributed by atoms with Crippen LogP contribution in [0.5, 0.6) is 0 Å². The Hall–Kier alpha value is -1.79. The van der Waals surface area contributed by atoms with Gasteiger partial charge in [-0.1, -0.05) is 6.92 Å². The summed E-state index contributed by atoms with van der Waals surface area (Å²) in [6.45, 7) is 2.84. The van der Waals surface area contributed by atoms with E-state index in [2.05, 4.69) is 10.0 Å². The summed E-state index contributed by atoms with van der Waals surface area (Å²) >= 11 is 0. The van der Waals surface area contributed by atoms with E-state index in [1.54, 1.807) is 31.2 Å². The molecule has 0 aliphatic carbocycles. The zero-order valence-corrected chi connectivity index (χ0v) is 12.4. The fraction of sp³-hybridized carbons (Fsp3) is 0.286. The third kappa shape index (κ3) is 3.40. The number of nitrogens with zero attached hydrogens (tertiary/aromatic N) is 1. The molecular formula is C14H19N3O2S. The van der Waals surface area contributed by atoms with Crippen molar-refractivity contribution in [2.75, 3.05) is 11.9 Å². The first kappa shape index (κ1) is 14.6. The highest BCUT2D eigenvalue weighted by Crippen LogP contribution is 2.14. The molecule has 20 heavy (non-hydrogen) atoms. The van der Waals surface area contributed by atoms with E-state index in [9.17, 15) is 8.42 Å².